The molecule has 0 aromatic heterocycles. The Labute approximate surface area is 196 Å². The van der Waals surface area contributed by atoms with Crippen molar-refractivity contribution >= 4 is 0 Å². The SMILES string of the molecule is CCCCCC1CCC(c2ccc3c(c2F)C(F)(F)C(F)(F)c2c-3ccc(OCC)c2F)CC1. The van der Waals surface area contributed by atoms with Gasteiger partial charge in [0.05, 0.1) is 17.7 Å². The van der Waals surface area contributed by atoms with Gasteiger partial charge in [0.1, 0.15) is 5.82 Å². The van der Waals surface area contributed by atoms with E-state index in [4.69, 9.17) is 4.74 Å². The van der Waals surface area contributed by atoms with Crippen molar-refractivity contribution in [1.82, 2.24) is 0 Å². The van der Waals surface area contributed by atoms with Gasteiger partial charge in [-0.2, -0.15) is 17.6 Å². The Bertz CT molecular complexity index is 1040. The fourth-order valence-corrected chi connectivity index (χ4v) is 5.55. The zero-order valence-corrected chi connectivity index (χ0v) is 19.5. The molecule has 2 aliphatic carbocycles. The van der Waals surface area contributed by atoms with Gasteiger partial charge in [-0.15, -0.1) is 0 Å². The Kier molecular flexibility index (Phi) is 6.94. The second-order valence-corrected chi connectivity index (χ2v) is 9.49. The number of rotatable bonds is 7. The van der Waals surface area contributed by atoms with Crippen LogP contribution in [0, 0.1) is 17.6 Å². The molecule has 0 spiro atoms. The molecule has 0 unspecified atom stereocenters. The molecule has 0 atom stereocenters. The Morgan fingerprint density at radius 1 is 0.794 bits per heavy atom. The molecule has 186 valence electrons. The standard InChI is InChI=1S/C27H30F6O/c1-3-5-6-7-16-8-10-17(11-9-16)18-12-13-19-20-14-15-21(34-4-2)25(29)23(20)27(32,33)26(30,31)22(19)24(18)28/h12-17H,3-11H2,1-2H3. The lowest BCUT2D eigenvalue weighted by Gasteiger charge is -2.37. The number of fused-ring (bicyclic) bond motifs is 3. The molecule has 0 radical (unpaired) electrons. The zero-order valence-electron chi connectivity index (χ0n) is 19.5. The minimum absolute atomic E-state index is 0.0207. The highest BCUT2D eigenvalue weighted by Crippen LogP contribution is 2.60. The van der Waals surface area contributed by atoms with Crippen molar-refractivity contribution in [1.29, 1.82) is 0 Å². The third kappa shape index (κ3) is 3.99. The van der Waals surface area contributed by atoms with Crippen LogP contribution < -0.4 is 4.74 Å². The van der Waals surface area contributed by atoms with Crippen molar-refractivity contribution in [2.24, 2.45) is 5.92 Å². The molecule has 7 heteroatoms. The second-order valence-electron chi connectivity index (χ2n) is 9.49. The summed E-state index contributed by atoms with van der Waals surface area (Å²) in [5, 5.41) is 0. The molecule has 0 saturated heterocycles. The number of benzene rings is 2. The first-order valence-electron chi connectivity index (χ1n) is 12.2. The average Bonchev–Trinajstić information content (AvgIpc) is 2.80. The van der Waals surface area contributed by atoms with Crippen molar-refractivity contribution in [3.8, 4) is 16.9 Å². The maximum absolute atomic E-state index is 15.6. The van der Waals surface area contributed by atoms with Gasteiger partial charge in [0, 0.05) is 0 Å². The summed E-state index contributed by atoms with van der Waals surface area (Å²) in [6, 6.07) is 4.87. The van der Waals surface area contributed by atoms with Gasteiger partial charge in [-0.05, 0) is 73.3 Å². The maximum Gasteiger partial charge on any atom is 0.343 e. The summed E-state index contributed by atoms with van der Waals surface area (Å²) in [6.45, 7) is 3.64. The molecule has 2 aromatic rings. The smallest absolute Gasteiger partial charge is 0.343 e. The highest BCUT2D eigenvalue weighted by Gasteiger charge is 2.65. The van der Waals surface area contributed by atoms with Gasteiger partial charge in [-0.1, -0.05) is 44.7 Å². The van der Waals surface area contributed by atoms with E-state index in [0.717, 1.165) is 50.7 Å². The average molecular weight is 485 g/mol. The van der Waals surface area contributed by atoms with E-state index in [-0.39, 0.29) is 18.1 Å². The summed E-state index contributed by atoms with van der Waals surface area (Å²) >= 11 is 0. The molecule has 0 N–H and O–H groups in total. The topological polar surface area (TPSA) is 9.23 Å². The Morgan fingerprint density at radius 2 is 1.38 bits per heavy atom. The van der Waals surface area contributed by atoms with Crippen LogP contribution in [0.5, 0.6) is 5.75 Å². The lowest BCUT2D eigenvalue weighted by Crippen LogP contribution is -2.41. The molecule has 2 aliphatic rings. The van der Waals surface area contributed by atoms with Crippen LogP contribution in [-0.2, 0) is 11.8 Å². The first-order valence-corrected chi connectivity index (χ1v) is 12.2. The predicted octanol–water partition coefficient (Wildman–Crippen LogP) is 9.08. The summed E-state index contributed by atoms with van der Waals surface area (Å²) in [5.41, 5.74) is -3.57. The first kappa shape index (κ1) is 24.9. The highest BCUT2D eigenvalue weighted by atomic mass is 19.3. The molecular formula is C27H30F6O. The lowest BCUT2D eigenvalue weighted by atomic mass is 9.74. The molecule has 1 fully saturated rings. The molecule has 1 nitrogen and oxygen atoms in total. The van der Waals surface area contributed by atoms with E-state index in [0.29, 0.717) is 18.8 Å². The van der Waals surface area contributed by atoms with Gasteiger partial charge in [0.2, 0.25) is 0 Å². The van der Waals surface area contributed by atoms with Gasteiger partial charge in [-0.3, -0.25) is 0 Å². The Hall–Kier alpha value is -2.18. The number of unbranched alkanes of at least 4 members (excludes halogenated alkanes) is 2. The quantitative estimate of drug-likeness (QED) is 0.281. The van der Waals surface area contributed by atoms with Crippen molar-refractivity contribution < 1.29 is 31.1 Å². The summed E-state index contributed by atoms with van der Waals surface area (Å²) in [6.07, 6.45) is 7.54. The van der Waals surface area contributed by atoms with E-state index in [2.05, 4.69) is 6.92 Å². The number of hydrogen-bond donors (Lipinski definition) is 0. The van der Waals surface area contributed by atoms with Crippen LogP contribution in [-0.4, -0.2) is 6.61 Å². The summed E-state index contributed by atoms with van der Waals surface area (Å²) < 4.78 is 96.0. The fraction of sp³-hybridized carbons (Fsp3) is 0.556. The van der Waals surface area contributed by atoms with Crippen LogP contribution >= 0.6 is 0 Å². The summed E-state index contributed by atoms with van der Waals surface area (Å²) in [7, 11) is 0. The van der Waals surface area contributed by atoms with Crippen LogP contribution in [0.1, 0.15) is 87.8 Å². The zero-order chi connectivity index (χ0) is 24.7. The number of hydrogen-bond acceptors (Lipinski definition) is 1. The minimum Gasteiger partial charge on any atom is -0.491 e. The number of halogens is 6. The Balaban J connectivity index is 1.72. The minimum atomic E-state index is -4.93. The summed E-state index contributed by atoms with van der Waals surface area (Å²) in [5.74, 6) is -13.0. The molecule has 0 bridgehead atoms. The van der Waals surface area contributed by atoms with Gasteiger partial charge >= 0.3 is 11.8 Å². The van der Waals surface area contributed by atoms with E-state index in [9.17, 15) is 4.39 Å². The van der Waals surface area contributed by atoms with E-state index in [1.54, 1.807) is 0 Å². The van der Waals surface area contributed by atoms with Gasteiger partial charge in [0.25, 0.3) is 0 Å². The second kappa shape index (κ2) is 9.46. The molecule has 34 heavy (non-hydrogen) atoms. The van der Waals surface area contributed by atoms with E-state index in [1.165, 1.54) is 19.1 Å². The molecule has 1 saturated carbocycles. The van der Waals surface area contributed by atoms with Gasteiger partial charge in [-0.25, -0.2) is 8.78 Å². The van der Waals surface area contributed by atoms with Crippen LogP contribution in [0.25, 0.3) is 11.1 Å². The molecular weight excluding hydrogens is 454 g/mol. The Morgan fingerprint density at radius 3 is 1.97 bits per heavy atom. The third-order valence-electron chi connectivity index (χ3n) is 7.39. The van der Waals surface area contributed by atoms with Crippen molar-refractivity contribution in [2.75, 3.05) is 6.61 Å². The fourth-order valence-electron chi connectivity index (χ4n) is 5.55. The predicted molar refractivity (Wildman–Crippen MR) is 120 cm³/mol. The third-order valence-corrected chi connectivity index (χ3v) is 7.39. The van der Waals surface area contributed by atoms with Crippen molar-refractivity contribution in [2.45, 2.75) is 83.0 Å². The van der Waals surface area contributed by atoms with Gasteiger partial charge in [0.15, 0.2) is 11.6 Å². The lowest BCUT2D eigenvalue weighted by molar-refractivity contribution is -0.228. The van der Waals surface area contributed by atoms with Crippen molar-refractivity contribution in [3.63, 3.8) is 0 Å². The van der Waals surface area contributed by atoms with Gasteiger partial charge < -0.3 is 4.74 Å². The van der Waals surface area contributed by atoms with E-state index >= 15 is 22.0 Å². The maximum atomic E-state index is 15.6. The number of alkyl halides is 4. The molecule has 2 aromatic carbocycles. The normalized spacial score (nSPS) is 22.7. The first-order chi connectivity index (χ1) is 16.1. The van der Waals surface area contributed by atoms with Crippen LogP contribution in [0.2, 0.25) is 0 Å². The number of ether oxygens (including phenoxy) is 1. The van der Waals surface area contributed by atoms with Crippen LogP contribution in [0.4, 0.5) is 26.3 Å². The highest BCUT2D eigenvalue weighted by molar-refractivity contribution is 5.77. The monoisotopic (exact) mass is 484 g/mol. The van der Waals surface area contributed by atoms with Crippen LogP contribution in [0.15, 0.2) is 24.3 Å². The molecule has 4 rings (SSSR count). The molecule has 0 heterocycles. The molecule has 0 amide bonds. The largest absolute Gasteiger partial charge is 0.491 e. The van der Waals surface area contributed by atoms with E-state index in [1.807, 2.05) is 0 Å². The van der Waals surface area contributed by atoms with Crippen LogP contribution in [0.3, 0.4) is 0 Å². The molecule has 0 aliphatic heterocycles. The van der Waals surface area contributed by atoms with E-state index < -0.39 is 51.5 Å². The van der Waals surface area contributed by atoms with Crippen molar-refractivity contribution in [3.05, 3.63) is 52.6 Å². The summed E-state index contributed by atoms with van der Waals surface area (Å²) in [4.78, 5) is 0.